The van der Waals surface area contributed by atoms with E-state index in [2.05, 4.69) is 17.2 Å². The highest BCUT2D eigenvalue weighted by molar-refractivity contribution is 5.98. The summed E-state index contributed by atoms with van der Waals surface area (Å²) < 4.78 is 45.0. The fourth-order valence-corrected chi connectivity index (χ4v) is 2.78. The van der Waals surface area contributed by atoms with Crippen molar-refractivity contribution in [3.63, 3.8) is 0 Å². The maximum absolute atomic E-state index is 13.2. The number of hydrogen-bond donors (Lipinski definition) is 3. The molecule has 0 atom stereocenters. The zero-order valence-electron chi connectivity index (χ0n) is 16.0. The molecule has 0 spiro atoms. The largest absolute Gasteiger partial charge is 0.508 e. The molecule has 1 aliphatic heterocycles. The Labute approximate surface area is 171 Å². The average Bonchev–Trinajstić information content (AvgIpc) is 2.67. The van der Waals surface area contributed by atoms with E-state index in [4.69, 9.17) is 4.74 Å². The molecule has 2 aromatic carbocycles. The van der Waals surface area contributed by atoms with E-state index in [1.54, 1.807) is 37.4 Å². The number of phenols is 1. The van der Waals surface area contributed by atoms with Crippen LogP contribution >= 0.6 is 0 Å². The molecule has 3 rings (SSSR count). The minimum absolute atomic E-state index is 0.0536. The Bertz CT molecular complexity index is 1060. The minimum atomic E-state index is -4.60. The van der Waals surface area contributed by atoms with Gasteiger partial charge in [-0.25, -0.2) is 0 Å². The van der Waals surface area contributed by atoms with Gasteiger partial charge in [0.2, 0.25) is 0 Å². The molecule has 0 aromatic heterocycles. The van der Waals surface area contributed by atoms with Crippen molar-refractivity contribution in [1.29, 1.82) is 0 Å². The van der Waals surface area contributed by atoms with E-state index < -0.39 is 17.6 Å². The first-order valence-electron chi connectivity index (χ1n) is 8.91. The molecule has 1 heterocycles. The molecule has 0 saturated heterocycles. The number of carbonyl (C=O) groups excluding carboxylic acids is 1. The molecule has 2 aromatic rings. The molecule has 0 aliphatic carbocycles. The van der Waals surface area contributed by atoms with Crippen molar-refractivity contribution in [3.8, 4) is 11.5 Å². The third-order valence-corrected chi connectivity index (χ3v) is 4.29. The van der Waals surface area contributed by atoms with E-state index in [1.807, 2.05) is 0 Å². The average molecular weight is 416 g/mol. The smallest absolute Gasteiger partial charge is 0.416 e. The zero-order valence-corrected chi connectivity index (χ0v) is 16.0. The van der Waals surface area contributed by atoms with Crippen molar-refractivity contribution in [2.24, 2.45) is 0 Å². The maximum Gasteiger partial charge on any atom is 0.416 e. The lowest BCUT2D eigenvalue weighted by atomic mass is 10.1. The molecule has 1 aliphatic rings. The number of allylic oxidation sites excluding steroid dienone is 2. The van der Waals surface area contributed by atoms with Gasteiger partial charge in [-0.1, -0.05) is 18.2 Å². The van der Waals surface area contributed by atoms with Crippen LogP contribution in [0.4, 0.5) is 13.2 Å². The molecular weight excluding hydrogens is 397 g/mol. The van der Waals surface area contributed by atoms with Gasteiger partial charge in [0.25, 0.3) is 5.91 Å². The summed E-state index contributed by atoms with van der Waals surface area (Å²) in [6.07, 6.45) is 0.133. The van der Waals surface area contributed by atoms with Crippen LogP contribution in [-0.4, -0.2) is 11.0 Å². The van der Waals surface area contributed by atoms with Gasteiger partial charge in [-0.15, -0.1) is 0 Å². The first-order chi connectivity index (χ1) is 14.1. The lowest BCUT2D eigenvalue weighted by Crippen LogP contribution is -2.25. The molecule has 0 fully saturated rings. The molecule has 30 heavy (non-hydrogen) atoms. The second-order valence-electron chi connectivity index (χ2n) is 6.69. The molecular formula is C22H19F3N2O3. The van der Waals surface area contributed by atoms with Crippen LogP contribution in [0.5, 0.6) is 11.5 Å². The lowest BCUT2D eigenvalue weighted by molar-refractivity contribution is -0.137. The van der Waals surface area contributed by atoms with Gasteiger partial charge in [0.1, 0.15) is 18.1 Å². The Morgan fingerprint density at radius 2 is 2.00 bits per heavy atom. The molecule has 1 amide bonds. The number of nitrogens with one attached hydrogen (secondary N) is 2. The Hall–Kier alpha value is -3.68. The van der Waals surface area contributed by atoms with Gasteiger partial charge < -0.3 is 20.5 Å². The van der Waals surface area contributed by atoms with Crippen LogP contribution in [-0.2, 0) is 12.8 Å². The summed E-state index contributed by atoms with van der Waals surface area (Å²) in [5.41, 5.74) is 1.18. The Morgan fingerprint density at radius 3 is 2.70 bits per heavy atom. The second kappa shape index (κ2) is 8.36. The summed E-state index contributed by atoms with van der Waals surface area (Å²) in [6.45, 7) is 5.31. The summed E-state index contributed by atoms with van der Waals surface area (Å²) in [5.74, 6) is -0.944. The second-order valence-corrected chi connectivity index (χ2v) is 6.69. The van der Waals surface area contributed by atoms with E-state index in [1.165, 1.54) is 6.07 Å². The van der Waals surface area contributed by atoms with E-state index in [-0.39, 0.29) is 23.7 Å². The number of halogens is 3. The van der Waals surface area contributed by atoms with E-state index in [9.17, 15) is 23.1 Å². The molecule has 0 bridgehead atoms. The molecule has 0 radical (unpaired) electrons. The van der Waals surface area contributed by atoms with Gasteiger partial charge in [0, 0.05) is 23.2 Å². The minimum Gasteiger partial charge on any atom is -0.508 e. The van der Waals surface area contributed by atoms with Gasteiger partial charge in [-0.2, -0.15) is 13.2 Å². The van der Waals surface area contributed by atoms with Crippen LogP contribution in [0.1, 0.15) is 27.0 Å². The first kappa shape index (κ1) is 21.0. The molecule has 0 unspecified atom stereocenters. The monoisotopic (exact) mass is 416 g/mol. The Morgan fingerprint density at radius 1 is 1.23 bits per heavy atom. The molecule has 0 saturated carbocycles. The van der Waals surface area contributed by atoms with E-state index in [0.29, 0.717) is 17.0 Å². The van der Waals surface area contributed by atoms with Crippen LogP contribution in [0.2, 0.25) is 0 Å². The van der Waals surface area contributed by atoms with Gasteiger partial charge >= 0.3 is 6.18 Å². The van der Waals surface area contributed by atoms with Crippen molar-refractivity contribution in [2.45, 2.75) is 19.7 Å². The number of ether oxygens (including phenoxy) is 1. The molecule has 5 nitrogen and oxygen atoms in total. The summed E-state index contributed by atoms with van der Waals surface area (Å²) in [7, 11) is 0. The molecule has 8 heteroatoms. The van der Waals surface area contributed by atoms with Crippen molar-refractivity contribution < 1.29 is 27.8 Å². The van der Waals surface area contributed by atoms with Crippen LogP contribution < -0.4 is 15.4 Å². The fraction of sp³-hybridized carbons (Fsp3) is 0.136. The number of phenolic OH excluding ortho intramolecular Hbond substituents is 1. The van der Waals surface area contributed by atoms with Crippen LogP contribution in [0, 0.1) is 6.92 Å². The number of benzene rings is 2. The number of amides is 1. The standard InChI is InChI=1S/C22H19F3N2O3/c1-13-3-6-19(28)15(9-13)12-30-20-11-16(22(23,24)25)4-5-18(20)21(29)27-17-7-8-26-14(2)10-17/h3-11,26,28H,2,12H2,1H3,(H,27,29). The number of dihydropyridines is 1. The van der Waals surface area contributed by atoms with Crippen LogP contribution in [0.25, 0.3) is 0 Å². The Balaban J connectivity index is 1.90. The predicted molar refractivity (Wildman–Crippen MR) is 106 cm³/mol. The van der Waals surface area contributed by atoms with E-state index in [0.717, 1.165) is 23.8 Å². The van der Waals surface area contributed by atoms with Gasteiger partial charge in [0.15, 0.2) is 0 Å². The van der Waals surface area contributed by atoms with Gasteiger partial charge in [0.05, 0.1) is 11.1 Å². The maximum atomic E-state index is 13.2. The third kappa shape index (κ3) is 5.02. The van der Waals surface area contributed by atoms with Crippen molar-refractivity contribution in [3.05, 3.63) is 95.0 Å². The third-order valence-electron chi connectivity index (χ3n) is 4.29. The highest BCUT2D eigenvalue weighted by Crippen LogP contribution is 2.34. The molecule has 156 valence electrons. The topological polar surface area (TPSA) is 70.6 Å². The SMILES string of the molecule is C=C1C=C(NC(=O)c2ccc(C(F)(F)F)cc2OCc2cc(C)ccc2O)C=CN1. The number of carbonyl (C=O) groups is 1. The summed E-state index contributed by atoms with van der Waals surface area (Å²) in [5, 5.41) is 15.4. The summed E-state index contributed by atoms with van der Waals surface area (Å²) >= 11 is 0. The summed E-state index contributed by atoms with van der Waals surface area (Å²) in [4.78, 5) is 12.7. The van der Waals surface area contributed by atoms with Crippen LogP contribution in [0.15, 0.2) is 72.7 Å². The van der Waals surface area contributed by atoms with Crippen molar-refractivity contribution in [1.82, 2.24) is 10.6 Å². The highest BCUT2D eigenvalue weighted by Gasteiger charge is 2.32. The predicted octanol–water partition coefficient (Wildman–Crippen LogP) is 4.54. The van der Waals surface area contributed by atoms with Crippen molar-refractivity contribution in [2.75, 3.05) is 0 Å². The number of hydrogen-bond acceptors (Lipinski definition) is 4. The first-order valence-corrected chi connectivity index (χ1v) is 8.91. The highest BCUT2D eigenvalue weighted by atomic mass is 19.4. The summed E-state index contributed by atoms with van der Waals surface area (Å²) in [6, 6.07) is 7.46. The number of aryl methyl sites for hydroxylation is 1. The quantitative estimate of drug-likeness (QED) is 0.669. The Kier molecular flexibility index (Phi) is 5.86. The van der Waals surface area contributed by atoms with Gasteiger partial charge in [-0.3, -0.25) is 4.79 Å². The van der Waals surface area contributed by atoms with Crippen molar-refractivity contribution >= 4 is 5.91 Å². The molecule has 3 N–H and O–H groups in total. The van der Waals surface area contributed by atoms with Gasteiger partial charge in [-0.05, 0) is 49.4 Å². The lowest BCUT2D eigenvalue weighted by Gasteiger charge is -2.16. The number of aromatic hydroxyl groups is 1. The normalized spacial score (nSPS) is 13.5. The number of rotatable bonds is 5. The van der Waals surface area contributed by atoms with E-state index >= 15 is 0 Å². The fourth-order valence-electron chi connectivity index (χ4n) is 2.78. The van der Waals surface area contributed by atoms with Crippen LogP contribution in [0.3, 0.4) is 0 Å². The number of alkyl halides is 3. The zero-order chi connectivity index (χ0) is 21.9.